The Hall–Kier alpha value is -2.40. The maximum atomic E-state index is 14.5. The summed E-state index contributed by atoms with van der Waals surface area (Å²) in [5, 5.41) is 0. The lowest BCUT2D eigenvalue weighted by molar-refractivity contribution is 0.0996. The first kappa shape index (κ1) is 24.2. The third kappa shape index (κ3) is 4.98. The zero-order valence-electron chi connectivity index (χ0n) is 18.2. The number of carbonyl (C=O) groups is 1. The van der Waals surface area contributed by atoms with Crippen molar-refractivity contribution in [2.45, 2.75) is 32.2 Å². The van der Waals surface area contributed by atoms with Crippen LogP contribution in [0.2, 0.25) is 0 Å². The van der Waals surface area contributed by atoms with E-state index in [0.717, 1.165) is 0 Å². The average Bonchev–Trinajstić information content (AvgIpc) is 3.13. The summed E-state index contributed by atoms with van der Waals surface area (Å²) in [5.74, 6) is -0.927. The van der Waals surface area contributed by atoms with E-state index in [0.29, 0.717) is 47.9 Å². The van der Waals surface area contributed by atoms with Gasteiger partial charge in [-0.15, -0.1) is 0 Å². The summed E-state index contributed by atoms with van der Waals surface area (Å²) in [6.07, 6.45) is 0. The lowest BCUT2D eigenvalue weighted by Gasteiger charge is -2.18. The van der Waals surface area contributed by atoms with Crippen molar-refractivity contribution in [3.63, 3.8) is 0 Å². The zero-order chi connectivity index (χ0) is 23.3. The zero-order valence-corrected chi connectivity index (χ0v) is 19.9. The summed E-state index contributed by atoms with van der Waals surface area (Å²) in [6.45, 7) is 7.37. The van der Waals surface area contributed by atoms with Crippen molar-refractivity contribution in [1.29, 1.82) is 0 Å². The smallest absolute Gasteiger partial charge is 0.279 e. The Kier molecular flexibility index (Phi) is 7.94. The number of rotatable bonds is 9. The van der Waals surface area contributed by atoms with Crippen LogP contribution < -0.4 is 4.80 Å². The average molecular weight is 480 g/mol. The minimum atomic E-state index is -3.61. The van der Waals surface area contributed by atoms with Crippen LogP contribution in [0.5, 0.6) is 0 Å². The molecule has 0 saturated heterocycles. The van der Waals surface area contributed by atoms with Crippen LogP contribution in [0, 0.1) is 5.82 Å². The van der Waals surface area contributed by atoms with Crippen LogP contribution in [0.1, 0.15) is 31.1 Å². The number of amides is 1. The number of sulfonamides is 1. The first-order valence-electron chi connectivity index (χ1n) is 10.4. The third-order valence-corrected chi connectivity index (χ3v) is 8.06. The van der Waals surface area contributed by atoms with E-state index >= 15 is 0 Å². The number of nitrogens with zero attached hydrogens (tertiary/aromatic N) is 3. The molecule has 1 heterocycles. The molecule has 1 amide bonds. The number of ether oxygens (including phenoxy) is 1. The van der Waals surface area contributed by atoms with Crippen LogP contribution in [0.3, 0.4) is 0 Å². The van der Waals surface area contributed by atoms with E-state index in [2.05, 4.69) is 4.99 Å². The number of carbonyl (C=O) groups excluding carboxylic acids is 1. The normalized spacial score (nSPS) is 12.7. The highest BCUT2D eigenvalue weighted by Crippen LogP contribution is 2.21. The lowest BCUT2D eigenvalue weighted by atomic mass is 10.2. The molecule has 0 aliphatic carbocycles. The minimum absolute atomic E-state index is 0.119. The van der Waals surface area contributed by atoms with Gasteiger partial charge in [0.05, 0.1) is 21.7 Å². The van der Waals surface area contributed by atoms with Crippen molar-refractivity contribution in [2.75, 3.05) is 26.3 Å². The highest BCUT2D eigenvalue weighted by atomic mass is 32.2. The molecule has 7 nitrogen and oxygen atoms in total. The predicted octanol–water partition coefficient (Wildman–Crippen LogP) is 3.65. The molecule has 3 rings (SSSR count). The first-order valence-corrected chi connectivity index (χ1v) is 12.6. The van der Waals surface area contributed by atoms with Gasteiger partial charge >= 0.3 is 0 Å². The van der Waals surface area contributed by atoms with E-state index in [1.807, 2.05) is 6.92 Å². The van der Waals surface area contributed by atoms with Gasteiger partial charge in [0.2, 0.25) is 10.0 Å². The maximum absolute atomic E-state index is 14.5. The van der Waals surface area contributed by atoms with Crippen LogP contribution in [-0.2, 0) is 21.3 Å². The second-order valence-electron chi connectivity index (χ2n) is 6.85. The number of thiazole rings is 1. The standard InChI is InChI=1S/C22H26FN3O4S2/c1-4-25(5-2)32(28,29)17-12-10-16(11-13-17)21(27)24-22-26(14-15-30-6-3)20-18(23)8-7-9-19(20)31-22/h7-13H,4-6,14-15H2,1-3H3. The lowest BCUT2D eigenvalue weighted by Crippen LogP contribution is -2.30. The SMILES string of the molecule is CCOCCn1c(=NC(=O)c2ccc(S(=O)(=O)N(CC)CC)cc2)sc2cccc(F)c21. The van der Waals surface area contributed by atoms with Crippen molar-refractivity contribution < 1.29 is 22.3 Å². The predicted molar refractivity (Wildman–Crippen MR) is 123 cm³/mol. The molecule has 0 aliphatic rings. The molecule has 3 aromatic rings. The Bertz CT molecular complexity index is 1260. The fraction of sp³-hybridized carbons (Fsp3) is 0.364. The first-order chi connectivity index (χ1) is 15.3. The molecule has 0 saturated carbocycles. The van der Waals surface area contributed by atoms with Crippen molar-refractivity contribution in [1.82, 2.24) is 8.87 Å². The van der Waals surface area contributed by atoms with Gasteiger partial charge in [0.15, 0.2) is 4.80 Å². The molecule has 32 heavy (non-hydrogen) atoms. The topological polar surface area (TPSA) is 81.0 Å². The summed E-state index contributed by atoms with van der Waals surface area (Å²) < 4.78 is 48.8. The summed E-state index contributed by atoms with van der Waals surface area (Å²) in [4.78, 5) is 17.5. The Labute approximate surface area is 190 Å². The molecular formula is C22H26FN3O4S2. The van der Waals surface area contributed by atoms with Crippen LogP contribution in [0.25, 0.3) is 10.2 Å². The summed E-state index contributed by atoms with van der Waals surface area (Å²) in [5.41, 5.74) is 0.627. The van der Waals surface area contributed by atoms with Crippen LogP contribution in [0.15, 0.2) is 52.4 Å². The van der Waals surface area contributed by atoms with Crippen molar-refractivity contribution in [3.8, 4) is 0 Å². The Morgan fingerprint density at radius 2 is 1.81 bits per heavy atom. The Morgan fingerprint density at radius 3 is 2.44 bits per heavy atom. The summed E-state index contributed by atoms with van der Waals surface area (Å²) in [7, 11) is -3.61. The van der Waals surface area contributed by atoms with E-state index in [1.54, 1.807) is 30.5 Å². The second-order valence-corrected chi connectivity index (χ2v) is 9.80. The quantitative estimate of drug-likeness (QED) is 0.439. The Balaban J connectivity index is 1.98. The highest BCUT2D eigenvalue weighted by molar-refractivity contribution is 7.89. The number of hydrogen-bond donors (Lipinski definition) is 0. The van der Waals surface area contributed by atoms with E-state index in [1.165, 1.54) is 46.0 Å². The number of benzene rings is 2. The number of hydrogen-bond acceptors (Lipinski definition) is 5. The molecule has 0 fully saturated rings. The molecule has 1 aromatic heterocycles. The van der Waals surface area contributed by atoms with Gasteiger partial charge in [-0.3, -0.25) is 4.79 Å². The van der Waals surface area contributed by atoms with E-state index in [-0.39, 0.29) is 10.5 Å². The molecule has 0 radical (unpaired) electrons. The van der Waals surface area contributed by atoms with Crippen molar-refractivity contribution in [3.05, 3.63) is 58.6 Å². The number of aromatic nitrogens is 1. The van der Waals surface area contributed by atoms with Gasteiger partial charge in [-0.05, 0) is 43.3 Å². The Morgan fingerprint density at radius 1 is 1.12 bits per heavy atom. The van der Waals surface area contributed by atoms with E-state index < -0.39 is 21.7 Å². The number of para-hydroxylation sites is 1. The number of halogens is 1. The largest absolute Gasteiger partial charge is 0.380 e. The highest BCUT2D eigenvalue weighted by Gasteiger charge is 2.21. The van der Waals surface area contributed by atoms with Crippen molar-refractivity contribution in [2.24, 2.45) is 4.99 Å². The molecule has 2 aromatic carbocycles. The van der Waals surface area contributed by atoms with Crippen LogP contribution >= 0.6 is 11.3 Å². The van der Waals surface area contributed by atoms with Crippen LogP contribution in [-0.4, -0.2) is 49.5 Å². The second kappa shape index (κ2) is 10.5. The fourth-order valence-corrected chi connectivity index (χ4v) is 5.84. The molecule has 0 N–H and O–H groups in total. The summed E-state index contributed by atoms with van der Waals surface area (Å²) >= 11 is 1.21. The van der Waals surface area contributed by atoms with Gasteiger partial charge in [-0.25, -0.2) is 12.8 Å². The molecule has 0 unspecified atom stereocenters. The molecular weight excluding hydrogens is 453 g/mol. The molecule has 172 valence electrons. The molecule has 0 spiro atoms. The van der Waals surface area contributed by atoms with Gasteiger partial charge < -0.3 is 9.30 Å². The maximum Gasteiger partial charge on any atom is 0.279 e. The molecule has 10 heteroatoms. The fourth-order valence-electron chi connectivity index (χ4n) is 3.31. The van der Waals surface area contributed by atoms with E-state index in [9.17, 15) is 17.6 Å². The van der Waals surface area contributed by atoms with Gasteiger partial charge in [-0.2, -0.15) is 9.30 Å². The van der Waals surface area contributed by atoms with Gasteiger partial charge in [-0.1, -0.05) is 31.3 Å². The monoisotopic (exact) mass is 479 g/mol. The molecule has 0 aliphatic heterocycles. The minimum Gasteiger partial charge on any atom is -0.380 e. The van der Waals surface area contributed by atoms with Crippen LogP contribution in [0.4, 0.5) is 4.39 Å². The number of fused-ring (bicyclic) bond motifs is 1. The van der Waals surface area contributed by atoms with Gasteiger partial charge in [0.25, 0.3) is 5.91 Å². The van der Waals surface area contributed by atoms with Gasteiger partial charge in [0, 0.05) is 31.8 Å². The van der Waals surface area contributed by atoms with Gasteiger partial charge in [0.1, 0.15) is 5.82 Å². The molecule has 0 bridgehead atoms. The molecule has 0 atom stereocenters. The van der Waals surface area contributed by atoms with Crippen molar-refractivity contribution >= 4 is 37.5 Å². The summed E-state index contributed by atoms with van der Waals surface area (Å²) in [6, 6.07) is 10.5. The van der Waals surface area contributed by atoms with E-state index in [4.69, 9.17) is 4.74 Å². The third-order valence-electron chi connectivity index (χ3n) is 4.96.